The Morgan fingerprint density at radius 3 is 2.53 bits per heavy atom. The standard InChI is InChI=1S/C16H25NOS/c1-12-9-14(11-17-15-5-6-15)10-13(2)16(12)18-7-4-8-19-3/h9-10,15,17H,4-8,11H2,1-3H3. The molecule has 0 saturated heterocycles. The van der Waals surface area contributed by atoms with Crippen LogP contribution in [-0.2, 0) is 6.54 Å². The highest BCUT2D eigenvalue weighted by atomic mass is 32.2. The Labute approximate surface area is 121 Å². The van der Waals surface area contributed by atoms with Gasteiger partial charge in [-0.3, -0.25) is 0 Å². The zero-order chi connectivity index (χ0) is 13.7. The van der Waals surface area contributed by atoms with Crippen molar-refractivity contribution in [1.29, 1.82) is 0 Å². The first-order valence-electron chi connectivity index (χ1n) is 7.16. The van der Waals surface area contributed by atoms with E-state index in [9.17, 15) is 0 Å². The van der Waals surface area contributed by atoms with Gasteiger partial charge >= 0.3 is 0 Å². The second kappa shape index (κ2) is 7.20. The summed E-state index contributed by atoms with van der Waals surface area (Å²) < 4.78 is 5.93. The predicted octanol–water partition coefficient (Wildman–Crippen LogP) is 3.69. The van der Waals surface area contributed by atoms with E-state index < -0.39 is 0 Å². The maximum atomic E-state index is 5.93. The summed E-state index contributed by atoms with van der Waals surface area (Å²) in [5.41, 5.74) is 3.90. The topological polar surface area (TPSA) is 21.3 Å². The van der Waals surface area contributed by atoms with Gasteiger partial charge in [0, 0.05) is 12.6 Å². The van der Waals surface area contributed by atoms with Crippen LogP contribution in [0.3, 0.4) is 0 Å². The lowest BCUT2D eigenvalue weighted by Gasteiger charge is -2.14. The molecule has 1 aliphatic rings. The zero-order valence-corrected chi connectivity index (χ0v) is 13.1. The molecule has 0 atom stereocenters. The van der Waals surface area contributed by atoms with Crippen molar-refractivity contribution in [3.05, 3.63) is 28.8 Å². The molecule has 0 radical (unpaired) electrons. The van der Waals surface area contributed by atoms with E-state index >= 15 is 0 Å². The lowest BCUT2D eigenvalue weighted by Crippen LogP contribution is -2.15. The smallest absolute Gasteiger partial charge is 0.125 e. The summed E-state index contributed by atoms with van der Waals surface area (Å²) in [4.78, 5) is 0. The molecule has 2 nitrogen and oxygen atoms in total. The van der Waals surface area contributed by atoms with Gasteiger partial charge in [-0.2, -0.15) is 11.8 Å². The highest BCUT2D eigenvalue weighted by Crippen LogP contribution is 2.26. The van der Waals surface area contributed by atoms with Crippen LogP contribution >= 0.6 is 11.8 Å². The van der Waals surface area contributed by atoms with Gasteiger partial charge in [-0.1, -0.05) is 12.1 Å². The largest absolute Gasteiger partial charge is 0.493 e. The fourth-order valence-electron chi connectivity index (χ4n) is 2.30. The van der Waals surface area contributed by atoms with Crippen LogP contribution in [0.4, 0.5) is 0 Å². The summed E-state index contributed by atoms with van der Waals surface area (Å²) in [5.74, 6) is 2.25. The van der Waals surface area contributed by atoms with Gasteiger partial charge in [0.1, 0.15) is 5.75 Å². The first-order chi connectivity index (χ1) is 9.20. The highest BCUT2D eigenvalue weighted by molar-refractivity contribution is 7.98. The van der Waals surface area contributed by atoms with Crippen molar-refractivity contribution in [2.45, 2.75) is 45.7 Å². The molecule has 1 saturated carbocycles. The maximum absolute atomic E-state index is 5.93. The second-order valence-corrected chi connectivity index (χ2v) is 6.39. The molecule has 0 heterocycles. The van der Waals surface area contributed by atoms with Crippen molar-refractivity contribution in [3.63, 3.8) is 0 Å². The molecule has 1 N–H and O–H groups in total. The van der Waals surface area contributed by atoms with Crippen LogP contribution in [0.15, 0.2) is 12.1 Å². The SMILES string of the molecule is CSCCCOc1c(C)cc(CNC2CC2)cc1C. The van der Waals surface area contributed by atoms with Crippen molar-refractivity contribution >= 4 is 11.8 Å². The van der Waals surface area contributed by atoms with E-state index in [1.165, 1.54) is 35.3 Å². The first-order valence-corrected chi connectivity index (χ1v) is 8.55. The minimum absolute atomic E-state index is 0.767. The van der Waals surface area contributed by atoms with Crippen LogP contribution in [0.2, 0.25) is 0 Å². The maximum Gasteiger partial charge on any atom is 0.125 e. The molecule has 0 bridgehead atoms. The number of rotatable bonds is 8. The Kier molecular flexibility index (Phi) is 5.59. The van der Waals surface area contributed by atoms with Gasteiger partial charge in [0.05, 0.1) is 6.61 Å². The molecule has 0 aliphatic heterocycles. The molecule has 19 heavy (non-hydrogen) atoms. The number of thioether (sulfide) groups is 1. The summed E-state index contributed by atoms with van der Waals surface area (Å²) in [6.45, 7) is 6.11. The fraction of sp³-hybridized carbons (Fsp3) is 0.625. The lowest BCUT2D eigenvalue weighted by molar-refractivity contribution is 0.314. The average molecular weight is 279 g/mol. The summed E-state index contributed by atoms with van der Waals surface area (Å²) in [6.07, 6.45) is 5.94. The van der Waals surface area contributed by atoms with Crippen LogP contribution in [0.25, 0.3) is 0 Å². The molecule has 0 aromatic heterocycles. The van der Waals surface area contributed by atoms with Gasteiger partial charge < -0.3 is 10.1 Å². The van der Waals surface area contributed by atoms with Crippen LogP contribution in [0.5, 0.6) is 5.75 Å². The fourth-order valence-corrected chi connectivity index (χ4v) is 2.70. The molecule has 0 spiro atoms. The third kappa shape index (κ3) is 4.73. The average Bonchev–Trinajstić information content (AvgIpc) is 3.18. The minimum atomic E-state index is 0.767. The Morgan fingerprint density at radius 2 is 1.95 bits per heavy atom. The molecule has 1 fully saturated rings. The lowest BCUT2D eigenvalue weighted by atomic mass is 10.1. The summed E-state index contributed by atoms with van der Waals surface area (Å²) in [6, 6.07) is 5.28. The number of ether oxygens (including phenoxy) is 1. The Balaban J connectivity index is 1.91. The molecular weight excluding hydrogens is 254 g/mol. The van der Waals surface area contributed by atoms with Crippen LogP contribution in [0.1, 0.15) is 36.0 Å². The molecule has 1 aromatic rings. The molecule has 0 amide bonds. The van der Waals surface area contributed by atoms with Gasteiger partial charge in [-0.05, 0) is 61.8 Å². The molecule has 2 rings (SSSR count). The molecule has 1 aromatic carbocycles. The Bertz CT molecular complexity index is 392. The van der Waals surface area contributed by atoms with E-state index in [4.69, 9.17) is 4.74 Å². The second-order valence-electron chi connectivity index (χ2n) is 5.41. The van der Waals surface area contributed by atoms with E-state index in [0.717, 1.165) is 31.4 Å². The number of hydrogen-bond donors (Lipinski definition) is 1. The van der Waals surface area contributed by atoms with Crippen LogP contribution < -0.4 is 10.1 Å². The first kappa shape index (κ1) is 14.7. The predicted molar refractivity (Wildman–Crippen MR) is 84.3 cm³/mol. The molecule has 0 unspecified atom stereocenters. The van der Waals surface area contributed by atoms with E-state index in [-0.39, 0.29) is 0 Å². The quantitative estimate of drug-likeness (QED) is 0.733. The molecule has 1 aliphatic carbocycles. The third-order valence-corrected chi connectivity index (χ3v) is 4.13. The van der Waals surface area contributed by atoms with Gasteiger partial charge in [-0.15, -0.1) is 0 Å². The van der Waals surface area contributed by atoms with E-state index in [0.29, 0.717) is 0 Å². The van der Waals surface area contributed by atoms with Crippen molar-refractivity contribution in [3.8, 4) is 5.75 Å². The van der Waals surface area contributed by atoms with Gasteiger partial charge in [-0.25, -0.2) is 0 Å². The van der Waals surface area contributed by atoms with Crippen molar-refractivity contribution in [2.24, 2.45) is 0 Å². The molecular formula is C16H25NOS. The summed E-state index contributed by atoms with van der Waals surface area (Å²) in [5, 5.41) is 3.56. The summed E-state index contributed by atoms with van der Waals surface area (Å²) >= 11 is 1.87. The van der Waals surface area contributed by atoms with Gasteiger partial charge in [0.2, 0.25) is 0 Å². The van der Waals surface area contributed by atoms with Gasteiger partial charge in [0.25, 0.3) is 0 Å². The number of nitrogens with one attached hydrogen (secondary N) is 1. The summed E-state index contributed by atoms with van der Waals surface area (Å²) in [7, 11) is 0. The normalized spacial score (nSPS) is 14.7. The van der Waals surface area contributed by atoms with Crippen molar-refractivity contribution in [1.82, 2.24) is 5.32 Å². The van der Waals surface area contributed by atoms with Crippen LogP contribution in [-0.4, -0.2) is 24.7 Å². The van der Waals surface area contributed by atoms with Gasteiger partial charge in [0.15, 0.2) is 0 Å². The van der Waals surface area contributed by atoms with Crippen LogP contribution in [0, 0.1) is 13.8 Å². The van der Waals surface area contributed by atoms with E-state index in [1.54, 1.807) is 0 Å². The number of hydrogen-bond acceptors (Lipinski definition) is 3. The monoisotopic (exact) mass is 279 g/mol. The number of benzene rings is 1. The van der Waals surface area contributed by atoms with Crippen molar-refractivity contribution in [2.75, 3.05) is 18.6 Å². The van der Waals surface area contributed by atoms with Crippen molar-refractivity contribution < 1.29 is 4.74 Å². The number of aryl methyl sites for hydroxylation is 2. The Hall–Kier alpha value is -0.670. The molecule has 106 valence electrons. The molecule has 3 heteroatoms. The highest BCUT2D eigenvalue weighted by Gasteiger charge is 2.20. The van der Waals surface area contributed by atoms with E-state index in [1.807, 2.05) is 11.8 Å². The van der Waals surface area contributed by atoms with E-state index in [2.05, 4.69) is 37.6 Å². The zero-order valence-electron chi connectivity index (χ0n) is 12.3. The minimum Gasteiger partial charge on any atom is -0.493 e. The Morgan fingerprint density at radius 1 is 1.26 bits per heavy atom. The third-order valence-electron chi connectivity index (χ3n) is 3.43.